The number of nitrogens with one attached hydrogen (secondary N) is 3. The van der Waals surface area contributed by atoms with E-state index in [1.54, 1.807) is 68.4 Å². The van der Waals surface area contributed by atoms with E-state index in [0.29, 0.717) is 19.3 Å². The highest BCUT2D eigenvalue weighted by Gasteiger charge is 2.47. The second-order valence-electron chi connectivity index (χ2n) is 25.9. The molecule has 0 aromatic rings. The topological polar surface area (TPSA) is 270 Å². The second kappa shape index (κ2) is 35.0. The Morgan fingerprint density at radius 2 is 0.860 bits per heavy atom. The molecule has 0 bridgehead atoms. The van der Waals surface area contributed by atoms with Gasteiger partial charge >= 0.3 is 0 Å². The minimum absolute atomic E-state index is 0.0230. The predicted molar refractivity (Wildman–Crippen MR) is 333 cm³/mol. The molecular weight excluding hydrogens is 1100 g/mol. The molecule has 492 valence electrons. The molecule has 0 aromatic carbocycles. The number of carbonyl (C=O) groups is 11. The molecule has 1 saturated heterocycles. The van der Waals surface area contributed by atoms with E-state index in [1.807, 2.05) is 47.6 Å². The predicted octanol–water partition coefficient (Wildman–Crippen LogP) is 3.61. The first-order chi connectivity index (χ1) is 39.7. The van der Waals surface area contributed by atoms with Crippen molar-refractivity contribution in [1.82, 2.24) is 55.1 Å². The van der Waals surface area contributed by atoms with Gasteiger partial charge in [0.15, 0.2) is 0 Å². The summed E-state index contributed by atoms with van der Waals surface area (Å²) in [6, 6.07) is -12.3. The van der Waals surface area contributed by atoms with E-state index in [9.17, 15) is 43.5 Å². The standard InChI is InChI=1S/C63H113N11O12/c1-26-30-31-41(15)53(76)52-56(79)66-44(29-4)58(81)67(18)34-47(75)70(21)50(39(13)27-2)62(85)71(22)48(37(9)10)60(83)68(19)45(32-35(5)6)55(78)64-42(16)54(77)65-43(17)57(80)69(20)46(33-36(7)8)59(82)73(24)51(40(14)28-3)63(86)72(23)49(38(11)12)61(84)74(52)25/h26,30,35-46,48-53,76H,27-29,31-34H2,1-25H3,(H,64,78)(H,65,77)(H,66,79)/b30-26+/t39-,40-,41?,42-,43+,44-,45-,46-,48-,49-,50-,51-,52-,53?/m0/s1. The van der Waals surface area contributed by atoms with Gasteiger partial charge in [0, 0.05) is 56.4 Å². The van der Waals surface area contributed by atoms with E-state index >= 15 is 14.4 Å². The van der Waals surface area contributed by atoms with Crippen molar-refractivity contribution in [3.63, 3.8) is 0 Å². The number of rotatable bonds is 15. The summed E-state index contributed by atoms with van der Waals surface area (Å²) < 4.78 is 0. The minimum Gasteiger partial charge on any atom is -0.390 e. The lowest BCUT2D eigenvalue weighted by molar-refractivity contribution is -0.158. The zero-order valence-electron chi connectivity index (χ0n) is 57.0. The van der Waals surface area contributed by atoms with E-state index in [0.717, 1.165) is 9.80 Å². The van der Waals surface area contributed by atoms with Crippen LogP contribution in [0.5, 0.6) is 0 Å². The van der Waals surface area contributed by atoms with Crippen LogP contribution in [0.2, 0.25) is 0 Å². The molecule has 0 aliphatic carbocycles. The summed E-state index contributed by atoms with van der Waals surface area (Å²) in [5, 5.41) is 20.3. The number of nitrogens with zero attached hydrogens (tertiary/aromatic N) is 8. The highest BCUT2D eigenvalue weighted by molar-refractivity contribution is 5.99. The zero-order chi connectivity index (χ0) is 66.8. The van der Waals surface area contributed by atoms with Crippen LogP contribution in [0.15, 0.2) is 12.2 Å². The molecule has 1 fully saturated rings. The van der Waals surface area contributed by atoms with Crippen LogP contribution in [0.25, 0.3) is 0 Å². The van der Waals surface area contributed by atoms with Crippen molar-refractivity contribution in [2.24, 2.45) is 41.4 Å². The first-order valence-electron chi connectivity index (χ1n) is 31.1. The van der Waals surface area contributed by atoms with Crippen molar-refractivity contribution in [1.29, 1.82) is 0 Å². The number of hydrogen-bond acceptors (Lipinski definition) is 12. The van der Waals surface area contributed by atoms with Gasteiger partial charge in [-0.1, -0.05) is 122 Å². The lowest BCUT2D eigenvalue weighted by Gasteiger charge is -2.42. The Labute approximate surface area is 515 Å². The third kappa shape index (κ3) is 19.9. The Balaban J connectivity index is 4.38. The summed E-state index contributed by atoms with van der Waals surface area (Å²) in [5.74, 6) is -10.2. The molecule has 0 saturated carbocycles. The second-order valence-corrected chi connectivity index (χ2v) is 25.9. The fourth-order valence-corrected chi connectivity index (χ4v) is 11.4. The van der Waals surface area contributed by atoms with Gasteiger partial charge in [0.05, 0.1) is 12.6 Å². The highest BCUT2D eigenvalue weighted by atomic mass is 16.3. The van der Waals surface area contributed by atoms with Gasteiger partial charge in [0.2, 0.25) is 65.0 Å². The van der Waals surface area contributed by atoms with Crippen molar-refractivity contribution in [2.75, 3.05) is 62.9 Å². The van der Waals surface area contributed by atoms with Gasteiger partial charge in [0.1, 0.15) is 60.4 Å². The van der Waals surface area contributed by atoms with Crippen LogP contribution < -0.4 is 16.0 Å². The minimum atomic E-state index is -1.61. The Hall–Kier alpha value is -6.13. The monoisotopic (exact) mass is 1220 g/mol. The summed E-state index contributed by atoms with van der Waals surface area (Å²) in [4.78, 5) is 171. The Kier molecular flexibility index (Phi) is 31.7. The van der Waals surface area contributed by atoms with Gasteiger partial charge in [-0.25, -0.2) is 0 Å². The highest BCUT2D eigenvalue weighted by Crippen LogP contribution is 2.27. The number of amides is 11. The van der Waals surface area contributed by atoms with E-state index in [2.05, 4.69) is 16.0 Å². The van der Waals surface area contributed by atoms with Gasteiger partial charge in [-0.15, -0.1) is 0 Å². The fraction of sp³-hybridized carbons (Fsp3) is 0.794. The summed E-state index contributed by atoms with van der Waals surface area (Å²) >= 11 is 0. The molecule has 14 atom stereocenters. The summed E-state index contributed by atoms with van der Waals surface area (Å²) in [7, 11) is 11.5. The number of allylic oxidation sites excluding steroid dienone is 2. The fourth-order valence-electron chi connectivity index (χ4n) is 11.4. The molecule has 1 aliphatic rings. The molecule has 1 rings (SSSR count). The lowest BCUT2D eigenvalue weighted by atomic mass is 9.91. The normalized spacial score (nSPS) is 27.5. The molecule has 1 heterocycles. The van der Waals surface area contributed by atoms with Crippen molar-refractivity contribution < 1.29 is 57.8 Å². The SMILES string of the molecule is C/C=C/CC(C)C(O)[C@H]1C(=O)N[C@@H](CC)C(=O)N(C)CC(=O)N(C)[C@@H]([C@@H](C)CC)C(=O)N(C)[C@@H](C(C)C)C(=O)N(C)[C@@H](CC(C)C)C(=O)N[C@@H](C)C(=O)N[C@H](C)C(=O)N(C)[C@@H](CC(C)C)C(=O)N(C)[C@@H]([C@@H](C)CC)C(=O)N(C)[C@@H](C(C)C)C(=O)N1C. The lowest BCUT2D eigenvalue weighted by Crippen LogP contribution is -2.64. The largest absolute Gasteiger partial charge is 0.390 e. The van der Waals surface area contributed by atoms with Gasteiger partial charge in [0.25, 0.3) is 0 Å². The summed E-state index contributed by atoms with van der Waals surface area (Å²) in [5.41, 5.74) is 0. The van der Waals surface area contributed by atoms with Crippen molar-refractivity contribution in [2.45, 2.75) is 223 Å². The van der Waals surface area contributed by atoms with Crippen LogP contribution in [-0.2, 0) is 52.7 Å². The van der Waals surface area contributed by atoms with Crippen LogP contribution >= 0.6 is 0 Å². The molecule has 4 N–H and O–H groups in total. The molecular formula is C63H113N11O12. The first kappa shape index (κ1) is 77.9. The average molecular weight is 1220 g/mol. The average Bonchev–Trinajstić information content (AvgIpc) is 2.13. The third-order valence-corrected chi connectivity index (χ3v) is 17.3. The van der Waals surface area contributed by atoms with Crippen molar-refractivity contribution in [3.8, 4) is 0 Å². The maximum Gasteiger partial charge on any atom is 0.246 e. The molecule has 0 spiro atoms. The van der Waals surface area contributed by atoms with Gasteiger partial charge in [-0.2, -0.15) is 0 Å². The number of carbonyl (C=O) groups excluding carboxylic acids is 11. The Morgan fingerprint density at radius 1 is 0.465 bits per heavy atom. The molecule has 86 heavy (non-hydrogen) atoms. The van der Waals surface area contributed by atoms with Crippen molar-refractivity contribution >= 4 is 65.0 Å². The zero-order valence-corrected chi connectivity index (χ0v) is 57.0. The van der Waals surface area contributed by atoms with Gasteiger partial charge in [-0.05, 0) is 87.9 Å². The molecule has 23 heteroatoms. The molecule has 11 amide bonds. The molecule has 23 nitrogen and oxygen atoms in total. The van der Waals surface area contributed by atoms with Gasteiger partial charge < -0.3 is 60.3 Å². The Bertz CT molecular complexity index is 2360. The molecule has 1 aliphatic heterocycles. The number of aliphatic hydroxyl groups excluding tert-OH is 1. The molecule has 0 radical (unpaired) electrons. The summed E-state index contributed by atoms with van der Waals surface area (Å²) in [6.07, 6.45) is 3.60. The first-order valence-corrected chi connectivity index (χ1v) is 31.1. The number of hydrogen-bond donors (Lipinski definition) is 4. The third-order valence-electron chi connectivity index (χ3n) is 17.3. The quantitative estimate of drug-likeness (QED) is 0.171. The van der Waals surface area contributed by atoms with Crippen LogP contribution in [0.4, 0.5) is 0 Å². The molecule has 2 unspecified atom stereocenters. The maximum absolute atomic E-state index is 15.2. The summed E-state index contributed by atoms with van der Waals surface area (Å²) in [6.45, 7) is 29.3. The van der Waals surface area contributed by atoms with Crippen molar-refractivity contribution in [3.05, 3.63) is 12.2 Å². The van der Waals surface area contributed by atoms with Crippen LogP contribution in [0, 0.1) is 41.4 Å². The van der Waals surface area contributed by atoms with Crippen LogP contribution in [0.3, 0.4) is 0 Å². The van der Waals surface area contributed by atoms with E-state index in [1.165, 1.54) is 99.6 Å². The van der Waals surface area contributed by atoms with E-state index < -0.39 is 168 Å². The number of likely N-dealkylation sites (N-methyl/N-ethyl adjacent to an activating group) is 8. The van der Waals surface area contributed by atoms with E-state index in [4.69, 9.17) is 0 Å². The Morgan fingerprint density at radius 3 is 1.29 bits per heavy atom. The van der Waals surface area contributed by atoms with E-state index in [-0.39, 0.29) is 31.1 Å². The van der Waals surface area contributed by atoms with Gasteiger partial charge in [-0.3, -0.25) is 52.7 Å². The smallest absolute Gasteiger partial charge is 0.246 e. The maximum atomic E-state index is 15.2. The molecule has 0 aromatic heterocycles. The number of aliphatic hydroxyl groups is 1. The van der Waals surface area contributed by atoms with Crippen LogP contribution in [0.1, 0.15) is 156 Å². The van der Waals surface area contributed by atoms with Crippen LogP contribution in [-0.4, -0.2) is 239 Å².